The number of nitrogens with two attached hydrogens (primary N) is 1. The van der Waals surface area contributed by atoms with Crippen LogP contribution < -0.4 is 10.5 Å². The fourth-order valence-corrected chi connectivity index (χ4v) is 3.31. The fraction of sp³-hybridized carbons (Fsp3) is 0.100. The molecule has 0 fully saturated rings. The molecule has 0 aliphatic carbocycles. The molecule has 0 unspecified atom stereocenters. The number of primary sulfonamides is 1. The van der Waals surface area contributed by atoms with Crippen molar-refractivity contribution in [3.63, 3.8) is 0 Å². The van der Waals surface area contributed by atoms with E-state index in [1.807, 2.05) is 42.5 Å². The predicted molar refractivity (Wildman–Crippen MR) is 105 cm³/mol. The maximum Gasteiger partial charge on any atom is 0.310 e. The number of benzene rings is 3. The van der Waals surface area contributed by atoms with Gasteiger partial charge in [-0.1, -0.05) is 48.5 Å². The summed E-state index contributed by atoms with van der Waals surface area (Å²) in [6, 6.07) is 18.8. The van der Waals surface area contributed by atoms with Crippen LogP contribution in [-0.2, 0) is 30.8 Å². The van der Waals surface area contributed by atoms with E-state index in [1.54, 1.807) is 0 Å². The number of ether oxygens (including phenoxy) is 1. The van der Waals surface area contributed by atoms with Gasteiger partial charge in [-0.25, -0.2) is 13.6 Å². The summed E-state index contributed by atoms with van der Waals surface area (Å²) >= 11 is 0. The van der Waals surface area contributed by atoms with Crippen LogP contribution in [0.25, 0.3) is 10.8 Å². The van der Waals surface area contributed by atoms with Crippen molar-refractivity contribution in [2.75, 3.05) is 11.9 Å². The predicted octanol–water partition coefficient (Wildman–Crippen LogP) is 2.21. The molecule has 28 heavy (non-hydrogen) atoms. The summed E-state index contributed by atoms with van der Waals surface area (Å²) in [7, 11) is -3.88. The lowest BCUT2D eigenvalue weighted by Gasteiger charge is -2.09. The lowest BCUT2D eigenvalue weighted by molar-refractivity contribution is -0.146. The average Bonchev–Trinajstić information content (AvgIpc) is 2.66. The fourth-order valence-electron chi connectivity index (χ4n) is 2.75. The van der Waals surface area contributed by atoms with E-state index in [9.17, 15) is 18.0 Å². The Balaban J connectivity index is 1.58. The highest BCUT2D eigenvalue weighted by Gasteiger charge is 2.12. The Morgan fingerprint density at radius 1 is 0.964 bits per heavy atom. The van der Waals surface area contributed by atoms with Gasteiger partial charge in [-0.3, -0.25) is 9.59 Å². The lowest BCUT2D eigenvalue weighted by atomic mass is 10.0. The van der Waals surface area contributed by atoms with Gasteiger partial charge in [0.1, 0.15) is 0 Å². The maximum atomic E-state index is 12.1. The van der Waals surface area contributed by atoms with E-state index in [0.717, 1.165) is 16.3 Å². The topological polar surface area (TPSA) is 116 Å². The average molecular weight is 398 g/mol. The quantitative estimate of drug-likeness (QED) is 0.618. The lowest BCUT2D eigenvalue weighted by Crippen LogP contribution is -2.22. The van der Waals surface area contributed by atoms with E-state index < -0.39 is 28.5 Å². The van der Waals surface area contributed by atoms with Crippen molar-refractivity contribution in [3.05, 3.63) is 72.3 Å². The molecule has 0 atom stereocenters. The van der Waals surface area contributed by atoms with Crippen molar-refractivity contribution in [2.45, 2.75) is 11.3 Å². The van der Waals surface area contributed by atoms with Crippen molar-refractivity contribution in [1.29, 1.82) is 0 Å². The van der Waals surface area contributed by atoms with Crippen LogP contribution in [0.5, 0.6) is 0 Å². The molecule has 3 N–H and O–H groups in total. The number of fused-ring (bicyclic) bond motifs is 1. The second-order valence-corrected chi connectivity index (χ2v) is 7.66. The van der Waals surface area contributed by atoms with Crippen LogP contribution in [0.15, 0.2) is 71.6 Å². The monoisotopic (exact) mass is 398 g/mol. The van der Waals surface area contributed by atoms with E-state index in [4.69, 9.17) is 9.88 Å². The van der Waals surface area contributed by atoms with Crippen LogP contribution >= 0.6 is 0 Å². The summed E-state index contributed by atoms with van der Waals surface area (Å²) in [5, 5.41) is 9.49. The molecule has 0 aromatic heterocycles. The Morgan fingerprint density at radius 2 is 1.68 bits per heavy atom. The third-order valence-electron chi connectivity index (χ3n) is 4.03. The minimum absolute atomic E-state index is 0.0372. The first kappa shape index (κ1) is 19.5. The van der Waals surface area contributed by atoms with Crippen LogP contribution in [0, 0.1) is 0 Å². The Bertz CT molecular complexity index is 1140. The second-order valence-electron chi connectivity index (χ2n) is 6.10. The highest BCUT2D eigenvalue weighted by Crippen LogP contribution is 2.19. The Hall–Kier alpha value is -3.23. The van der Waals surface area contributed by atoms with Crippen molar-refractivity contribution in [1.82, 2.24) is 0 Å². The maximum absolute atomic E-state index is 12.1. The molecule has 1 amide bonds. The van der Waals surface area contributed by atoms with Gasteiger partial charge in [0.25, 0.3) is 5.91 Å². The molecule has 0 heterocycles. The van der Waals surface area contributed by atoms with Gasteiger partial charge in [0.05, 0.1) is 11.3 Å². The van der Waals surface area contributed by atoms with E-state index in [2.05, 4.69) is 5.32 Å². The number of carbonyl (C=O) groups excluding carboxylic acids is 2. The first-order chi connectivity index (χ1) is 13.3. The van der Waals surface area contributed by atoms with Gasteiger partial charge in [-0.2, -0.15) is 0 Å². The summed E-state index contributed by atoms with van der Waals surface area (Å²) in [6.45, 7) is -0.483. The third-order valence-corrected chi connectivity index (χ3v) is 4.94. The van der Waals surface area contributed by atoms with Gasteiger partial charge >= 0.3 is 5.97 Å². The first-order valence-corrected chi connectivity index (χ1v) is 9.92. The van der Waals surface area contributed by atoms with Gasteiger partial charge in [-0.15, -0.1) is 0 Å². The van der Waals surface area contributed by atoms with Gasteiger partial charge in [0, 0.05) is 5.69 Å². The highest BCUT2D eigenvalue weighted by atomic mass is 32.2. The minimum Gasteiger partial charge on any atom is -0.455 e. The number of nitrogens with one attached hydrogen (secondary N) is 1. The molecule has 0 radical (unpaired) electrons. The van der Waals surface area contributed by atoms with Crippen molar-refractivity contribution in [2.24, 2.45) is 5.14 Å². The van der Waals surface area contributed by atoms with Crippen LogP contribution in [0.4, 0.5) is 5.69 Å². The molecule has 7 nitrogen and oxygen atoms in total. The van der Waals surface area contributed by atoms with Crippen LogP contribution in [0.3, 0.4) is 0 Å². The highest BCUT2D eigenvalue weighted by molar-refractivity contribution is 7.89. The van der Waals surface area contributed by atoms with E-state index in [1.165, 1.54) is 24.3 Å². The second kappa shape index (κ2) is 8.20. The number of rotatable bonds is 6. The summed E-state index contributed by atoms with van der Waals surface area (Å²) in [4.78, 5) is 23.9. The first-order valence-electron chi connectivity index (χ1n) is 8.38. The van der Waals surface area contributed by atoms with Crippen LogP contribution in [0.1, 0.15) is 5.56 Å². The van der Waals surface area contributed by atoms with E-state index in [0.29, 0.717) is 0 Å². The van der Waals surface area contributed by atoms with Gasteiger partial charge in [0.2, 0.25) is 10.0 Å². The van der Waals surface area contributed by atoms with Gasteiger partial charge < -0.3 is 10.1 Å². The third kappa shape index (κ3) is 4.93. The molecule has 8 heteroatoms. The number of esters is 1. The molecule has 0 aliphatic rings. The van der Waals surface area contributed by atoms with Crippen LogP contribution in [-0.4, -0.2) is 26.9 Å². The molecule has 0 saturated heterocycles. The molecule has 0 spiro atoms. The number of sulfonamides is 1. The number of hydrogen-bond donors (Lipinski definition) is 2. The van der Waals surface area contributed by atoms with Crippen molar-refractivity contribution >= 4 is 38.4 Å². The number of amides is 1. The molecule has 3 rings (SSSR count). The summed E-state index contributed by atoms with van der Waals surface area (Å²) in [5.74, 6) is -1.12. The molecule has 0 saturated carbocycles. The Kier molecular flexibility index (Phi) is 5.72. The molecule has 3 aromatic rings. The molecule has 144 valence electrons. The zero-order valence-electron chi connectivity index (χ0n) is 14.8. The standard InChI is InChI=1S/C20H18N2O5S/c21-28(25,26)17-9-4-8-16(12-17)22-19(23)13-27-20(24)11-15-7-3-6-14-5-1-2-10-18(14)15/h1-10,12H,11,13H2,(H,22,23)(H2,21,25,26). The smallest absolute Gasteiger partial charge is 0.310 e. The zero-order chi connectivity index (χ0) is 20.1. The SMILES string of the molecule is NS(=O)(=O)c1cccc(NC(=O)COC(=O)Cc2cccc3ccccc23)c1. The normalized spacial score (nSPS) is 11.2. The van der Waals surface area contributed by atoms with Gasteiger partial charge in [-0.05, 0) is 34.5 Å². The number of anilines is 1. The Labute approximate surface area is 162 Å². The van der Waals surface area contributed by atoms with E-state index >= 15 is 0 Å². The minimum atomic E-state index is -3.88. The van der Waals surface area contributed by atoms with E-state index in [-0.39, 0.29) is 17.0 Å². The molecular formula is C20H18N2O5S. The Morgan fingerprint density at radius 3 is 2.46 bits per heavy atom. The zero-order valence-corrected chi connectivity index (χ0v) is 15.6. The summed E-state index contributed by atoms with van der Waals surface area (Å²) in [6.07, 6.45) is 0.0372. The molecule has 0 aliphatic heterocycles. The van der Waals surface area contributed by atoms with Crippen LogP contribution in [0.2, 0.25) is 0 Å². The van der Waals surface area contributed by atoms with Crippen molar-refractivity contribution < 1.29 is 22.7 Å². The summed E-state index contributed by atoms with van der Waals surface area (Å²) in [5.41, 5.74) is 1.05. The molecule has 0 bridgehead atoms. The largest absolute Gasteiger partial charge is 0.455 e. The summed E-state index contributed by atoms with van der Waals surface area (Å²) < 4.78 is 27.7. The van der Waals surface area contributed by atoms with Gasteiger partial charge in [0.15, 0.2) is 6.61 Å². The number of carbonyl (C=O) groups is 2. The molecule has 3 aromatic carbocycles. The number of hydrogen-bond acceptors (Lipinski definition) is 5. The molecular weight excluding hydrogens is 380 g/mol. The van der Waals surface area contributed by atoms with Crippen molar-refractivity contribution in [3.8, 4) is 0 Å².